The number of aromatic nitrogens is 2. The first-order chi connectivity index (χ1) is 29.8. The third-order valence-corrected chi connectivity index (χ3v) is 12.3. The Morgan fingerprint density at radius 2 is 0.733 bits per heavy atom. The van der Waals surface area contributed by atoms with Gasteiger partial charge < -0.3 is 9.13 Å². The SMILES string of the molecule is c1ccc(-c2cccc(-n3c4ccc(-c5ccc6c(c5)c5ccccc5n6-c5ccc(-c6cccc7ccccc67)cc5)cc4c4c(-c5ccccc5)cccc43)c2)cc1. The molecule has 0 N–H and O–H groups in total. The van der Waals surface area contributed by atoms with Crippen LogP contribution in [0.15, 0.2) is 231 Å². The summed E-state index contributed by atoms with van der Waals surface area (Å²) in [5.74, 6) is 0. The van der Waals surface area contributed by atoms with E-state index in [1.54, 1.807) is 0 Å². The molecule has 2 aromatic heterocycles. The quantitative estimate of drug-likeness (QED) is 0.160. The zero-order chi connectivity index (χ0) is 39.6. The van der Waals surface area contributed by atoms with E-state index in [2.05, 4.69) is 240 Å². The van der Waals surface area contributed by atoms with Gasteiger partial charge in [-0.05, 0) is 116 Å². The van der Waals surface area contributed by atoms with Gasteiger partial charge in [-0.1, -0.05) is 170 Å². The molecule has 2 heteroatoms. The van der Waals surface area contributed by atoms with E-state index < -0.39 is 0 Å². The molecule has 280 valence electrons. The van der Waals surface area contributed by atoms with E-state index >= 15 is 0 Å². The normalized spacial score (nSPS) is 11.7. The van der Waals surface area contributed by atoms with Crippen LogP contribution in [-0.2, 0) is 0 Å². The van der Waals surface area contributed by atoms with Crippen molar-refractivity contribution < 1.29 is 0 Å². The van der Waals surface area contributed by atoms with Crippen LogP contribution in [0.25, 0.3) is 110 Å². The van der Waals surface area contributed by atoms with E-state index in [4.69, 9.17) is 0 Å². The molecule has 0 spiro atoms. The van der Waals surface area contributed by atoms with Gasteiger partial charge in [-0.25, -0.2) is 0 Å². The highest BCUT2D eigenvalue weighted by molar-refractivity contribution is 6.17. The molecule has 2 nitrogen and oxygen atoms in total. The molecule has 0 aliphatic carbocycles. The minimum Gasteiger partial charge on any atom is -0.309 e. The zero-order valence-electron chi connectivity index (χ0n) is 32.8. The molecule has 10 aromatic carbocycles. The van der Waals surface area contributed by atoms with Gasteiger partial charge in [0.2, 0.25) is 0 Å². The Morgan fingerprint density at radius 3 is 1.53 bits per heavy atom. The first-order valence-corrected chi connectivity index (χ1v) is 20.7. The maximum Gasteiger partial charge on any atom is 0.0547 e. The van der Waals surface area contributed by atoms with Gasteiger partial charge in [-0.15, -0.1) is 0 Å². The summed E-state index contributed by atoms with van der Waals surface area (Å²) in [6, 6.07) is 84.2. The van der Waals surface area contributed by atoms with Crippen molar-refractivity contribution in [1.29, 1.82) is 0 Å². The van der Waals surface area contributed by atoms with Crippen LogP contribution in [0.2, 0.25) is 0 Å². The van der Waals surface area contributed by atoms with Gasteiger partial charge in [0.05, 0.1) is 22.1 Å². The van der Waals surface area contributed by atoms with Crippen molar-refractivity contribution in [3.05, 3.63) is 231 Å². The van der Waals surface area contributed by atoms with E-state index in [1.807, 2.05) is 0 Å². The lowest BCUT2D eigenvalue weighted by Gasteiger charge is -2.11. The fraction of sp³-hybridized carbons (Fsp3) is 0. The van der Waals surface area contributed by atoms with Crippen molar-refractivity contribution in [2.24, 2.45) is 0 Å². The number of benzene rings is 10. The van der Waals surface area contributed by atoms with E-state index in [-0.39, 0.29) is 0 Å². The molecular weight excluding hydrogens is 725 g/mol. The number of hydrogen-bond acceptors (Lipinski definition) is 0. The first-order valence-electron chi connectivity index (χ1n) is 20.7. The van der Waals surface area contributed by atoms with Gasteiger partial charge >= 0.3 is 0 Å². The molecule has 0 saturated heterocycles. The first kappa shape index (κ1) is 34.1. The Kier molecular flexibility index (Phi) is 7.89. The van der Waals surface area contributed by atoms with Crippen LogP contribution in [0.1, 0.15) is 0 Å². The maximum atomic E-state index is 2.44. The standard InChI is InChI=1S/C58H38N2/c1-3-14-39(15-4-1)43-20-11-21-47(36-43)60-56-35-31-45(38-53(56)58-50(25-13-27-57(58)60)41-16-5-2-6-17-41)44-30-34-55-52(37-44)51-23-9-10-26-54(51)59(55)46-32-28-42(29-33-46)49-24-12-19-40-18-7-8-22-48(40)49/h1-38H. The predicted octanol–water partition coefficient (Wildman–Crippen LogP) is 15.7. The lowest BCUT2D eigenvalue weighted by atomic mass is 9.97. The van der Waals surface area contributed by atoms with Crippen molar-refractivity contribution in [1.82, 2.24) is 9.13 Å². The minimum atomic E-state index is 1.15. The summed E-state index contributed by atoms with van der Waals surface area (Å²) in [7, 11) is 0. The maximum absolute atomic E-state index is 2.44. The minimum absolute atomic E-state index is 1.15. The van der Waals surface area contributed by atoms with Crippen LogP contribution in [-0.4, -0.2) is 9.13 Å². The summed E-state index contributed by atoms with van der Waals surface area (Å²) < 4.78 is 4.85. The molecule has 0 unspecified atom stereocenters. The van der Waals surface area contributed by atoms with E-state index in [1.165, 1.54) is 98.9 Å². The Labute approximate surface area is 348 Å². The highest BCUT2D eigenvalue weighted by Gasteiger charge is 2.19. The second-order valence-electron chi connectivity index (χ2n) is 15.7. The molecule has 60 heavy (non-hydrogen) atoms. The summed E-state index contributed by atoms with van der Waals surface area (Å²) in [6.45, 7) is 0. The molecule has 0 saturated carbocycles. The number of para-hydroxylation sites is 1. The molecule has 0 aliphatic rings. The fourth-order valence-electron chi connectivity index (χ4n) is 9.54. The van der Waals surface area contributed by atoms with Gasteiger partial charge in [-0.3, -0.25) is 0 Å². The van der Waals surface area contributed by atoms with Crippen LogP contribution >= 0.6 is 0 Å². The fourth-order valence-corrected chi connectivity index (χ4v) is 9.54. The van der Waals surface area contributed by atoms with Crippen molar-refractivity contribution in [3.8, 4) is 55.9 Å². The highest BCUT2D eigenvalue weighted by Crippen LogP contribution is 2.42. The van der Waals surface area contributed by atoms with Crippen molar-refractivity contribution in [3.63, 3.8) is 0 Å². The molecular formula is C58H38N2. The van der Waals surface area contributed by atoms with Gasteiger partial charge in [0.25, 0.3) is 0 Å². The number of hydrogen-bond donors (Lipinski definition) is 0. The summed E-state index contributed by atoms with van der Waals surface area (Å²) in [5.41, 5.74) is 16.8. The smallest absolute Gasteiger partial charge is 0.0547 e. The average Bonchev–Trinajstić information content (AvgIpc) is 3.84. The molecule has 0 bridgehead atoms. The van der Waals surface area contributed by atoms with Gasteiger partial charge in [0.1, 0.15) is 0 Å². The summed E-state index contributed by atoms with van der Waals surface area (Å²) >= 11 is 0. The molecule has 12 aromatic rings. The van der Waals surface area contributed by atoms with Crippen LogP contribution in [0.4, 0.5) is 0 Å². The van der Waals surface area contributed by atoms with Gasteiger partial charge in [0.15, 0.2) is 0 Å². The molecule has 2 heterocycles. The van der Waals surface area contributed by atoms with E-state index in [0.717, 1.165) is 11.4 Å². The Bertz CT molecular complexity index is 3570. The van der Waals surface area contributed by atoms with Gasteiger partial charge in [-0.2, -0.15) is 0 Å². The topological polar surface area (TPSA) is 9.86 Å². The molecule has 0 radical (unpaired) electrons. The Morgan fingerprint density at radius 1 is 0.233 bits per heavy atom. The lowest BCUT2D eigenvalue weighted by molar-refractivity contribution is 1.18. The van der Waals surface area contributed by atoms with Gasteiger partial charge in [0, 0.05) is 32.9 Å². The summed E-state index contributed by atoms with van der Waals surface area (Å²) in [5, 5.41) is 7.51. The van der Waals surface area contributed by atoms with Crippen LogP contribution < -0.4 is 0 Å². The zero-order valence-corrected chi connectivity index (χ0v) is 32.8. The Balaban J connectivity index is 1.02. The largest absolute Gasteiger partial charge is 0.309 e. The molecule has 12 rings (SSSR count). The molecule has 0 fully saturated rings. The average molecular weight is 763 g/mol. The third kappa shape index (κ3) is 5.50. The van der Waals surface area contributed by atoms with Crippen LogP contribution in [0.5, 0.6) is 0 Å². The third-order valence-electron chi connectivity index (χ3n) is 12.3. The van der Waals surface area contributed by atoms with E-state index in [9.17, 15) is 0 Å². The highest BCUT2D eigenvalue weighted by atomic mass is 15.0. The van der Waals surface area contributed by atoms with Crippen molar-refractivity contribution in [2.75, 3.05) is 0 Å². The monoisotopic (exact) mass is 762 g/mol. The van der Waals surface area contributed by atoms with Crippen LogP contribution in [0, 0.1) is 0 Å². The van der Waals surface area contributed by atoms with Crippen molar-refractivity contribution >= 4 is 54.4 Å². The molecule has 0 amide bonds. The molecule has 0 aliphatic heterocycles. The second kappa shape index (κ2) is 13.9. The van der Waals surface area contributed by atoms with Crippen LogP contribution in [0.3, 0.4) is 0 Å². The number of fused-ring (bicyclic) bond motifs is 7. The summed E-state index contributed by atoms with van der Waals surface area (Å²) in [6.07, 6.45) is 0. The summed E-state index contributed by atoms with van der Waals surface area (Å²) in [4.78, 5) is 0. The number of rotatable bonds is 6. The molecule has 0 atom stereocenters. The second-order valence-corrected chi connectivity index (χ2v) is 15.7. The lowest BCUT2D eigenvalue weighted by Crippen LogP contribution is -1.94. The predicted molar refractivity (Wildman–Crippen MR) is 254 cm³/mol. The van der Waals surface area contributed by atoms with E-state index in [0.29, 0.717) is 0 Å². The Hall–Kier alpha value is -7.94. The van der Waals surface area contributed by atoms with Crippen molar-refractivity contribution in [2.45, 2.75) is 0 Å². The number of nitrogens with zero attached hydrogens (tertiary/aromatic N) is 2.